The summed E-state index contributed by atoms with van der Waals surface area (Å²) in [6.45, 7) is 3.47. The molecule has 0 radical (unpaired) electrons. The first-order chi connectivity index (χ1) is 10.2. The molecule has 5 nitrogen and oxygen atoms in total. The Labute approximate surface area is 135 Å². The van der Waals surface area contributed by atoms with Crippen LogP contribution in [0.15, 0.2) is 35.4 Å². The highest BCUT2D eigenvalue weighted by Crippen LogP contribution is 2.22. The Balaban J connectivity index is 2.34. The summed E-state index contributed by atoms with van der Waals surface area (Å²) in [6, 6.07) is 6.94. The van der Waals surface area contributed by atoms with Crippen molar-refractivity contribution in [1.82, 2.24) is 9.71 Å². The van der Waals surface area contributed by atoms with Crippen LogP contribution in [0.25, 0.3) is 10.9 Å². The first kappa shape index (κ1) is 17.2. The monoisotopic (exact) mass is 340 g/mol. The third kappa shape index (κ3) is 3.98. The van der Waals surface area contributed by atoms with Gasteiger partial charge in [-0.2, -0.15) is 11.8 Å². The molecule has 1 heterocycles. The van der Waals surface area contributed by atoms with Crippen molar-refractivity contribution in [3.05, 3.63) is 36.0 Å². The van der Waals surface area contributed by atoms with Crippen LogP contribution in [0.1, 0.15) is 12.5 Å². The van der Waals surface area contributed by atoms with Crippen molar-refractivity contribution in [2.45, 2.75) is 24.3 Å². The van der Waals surface area contributed by atoms with Gasteiger partial charge in [0.15, 0.2) is 0 Å². The van der Waals surface area contributed by atoms with E-state index in [4.69, 9.17) is 0 Å². The van der Waals surface area contributed by atoms with Crippen molar-refractivity contribution in [2.75, 3.05) is 18.6 Å². The van der Waals surface area contributed by atoms with Gasteiger partial charge in [-0.25, -0.2) is 13.1 Å². The lowest BCUT2D eigenvalue weighted by Gasteiger charge is -2.22. The van der Waals surface area contributed by atoms with Gasteiger partial charge in [-0.15, -0.1) is 0 Å². The number of nitrogens with one attached hydrogen (secondary N) is 1. The van der Waals surface area contributed by atoms with Crippen molar-refractivity contribution >= 4 is 32.7 Å². The molecule has 0 fully saturated rings. The zero-order chi connectivity index (χ0) is 16.4. The van der Waals surface area contributed by atoms with Gasteiger partial charge in [-0.3, -0.25) is 4.98 Å². The number of aliphatic hydroxyl groups is 1. The summed E-state index contributed by atoms with van der Waals surface area (Å²) in [4.78, 5) is 4.37. The molecule has 0 aliphatic heterocycles. The number of fused-ring (bicyclic) bond motifs is 1. The molecule has 1 unspecified atom stereocenters. The van der Waals surface area contributed by atoms with Crippen molar-refractivity contribution in [1.29, 1.82) is 0 Å². The van der Waals surface area contributed by atoms with Crippen LogP contribution in [0.2, 0.25) is 0 Å². The lowest BCUT2D eigenvalue weighted by Crippen LogP contribution is -2.42. The zero-order valence-electron chi connectivity index (χ0n) is 12.8. The van der Waals surface area contributed by atoms with E-state index in [9.17, 15) is 13.5 Å². The fourth-order valence-corrected chi connectivity index (χ4v) is 4.21. The number of hydrogen-bond acceptors (Lipinski definition) is 5. The number of pyridine rings is 1. The molecule has 0 spiro atoms. The van der Waals surface area contributed by atoms with E-state index in [0.29, 0.717) is 11.3 Å². The largest absolute Gasteiger partial charge is 0.388 e. The van der Waals surface area contributed by atoms with Crippen LogP contribution in [0.3, 0.4) is 0 Å². The molecule has 1 aromatic heterocycles. The first-order valence-electron chi connectivity index (χ1n) is 6.81. The second-order valence-corrected chi connectivity index (χ2v) is 8.20. The Morgan fingerprint density at radius 2 is 2.14 bits per heavy atom. The summed E-state index contributed by atoms with van der Waals surface area (Å²) in [5.41, 5.74) is 0.309. The average Bonchev–Trinajstić information content (AvgIpc) is 2.44. The fourth-order valence-electron chi connectivity index (χ4n) is 2.15. The van der Waals surface area contributed by atoms with Gasteiger partial charge in [0.1, 0.15) is 4.90 Å². The molecule has 120 valence electrons. The quantitative estimate of drug-likeness (QED) is 0.840. The van der Waals surface area contributed by atoms with Crippen LogP contribution in [-0.4, -0.2) is 42.7 Å². The molecular weight excluding hydrogens is 320 g/mol. The third-order valence-corrected chi connectivity index (χ3v) is 5.54. The molecule has 1 atom stereocenters. The van der Waals surface area contributed by atoms with Crippen LogP contribution >= 0.6 is 11.8 Å². The molecule has 0 amide bonds. The minimum absolute atomic E-state index is 0.0432. The van der Waals surface area contributed by atoms with E-state index in [1.807, 2.05) is 25.3 Å². The second kappa shape index (κ2) is 6.54. The molecule has 2 rings (SSSR count). The number of sulfonamides is 1. The Morgan fingerprint density at radius 1 is 1.41 bits per heavy atom. The van der Waals surface area contributed by atoms with Gasteiger partial charge < -0.3 is 5.11 Å². The fraction of sp³-hybridized carbons (Fsp3) is 0.400. The van der Waals surface area contributed by atoms with Gasteiger partial charge in [0.25, 0.3) is 0 Å². The number of thioether (sulfide) groups is 1. The van der Waals surface area contributed by atoms with Gasteiger partial charge in [0.2, 0.25) is 10.0 Å². The number of nitrogens with zero attached hydrogens (tertiary/aromatic N) is 1. The van der Waals surface area contributed by atoms with Gasteiger partial charge >= 0.3 is 0 Å². The van der Waals surface area contributed by atoms with E-state index in [1.54, 1.807) is 19.2 Å². The molecule has 0 bridgehead atoms. The molecular formula is C15H20N2O3S2. The van der Waals surface area contributed by atoms with E-state index >= 15 is 0 Å². The Bertz CT molecular complexity index is 773. The van der Waals surface area contributed by atoms with E-state index < -0.39 is 15.6 Å². The molecule has 1 aromatic carbocycles. The van der Waals surface area contributed by atoms with Gasteiger partial charge in [0.05, 0.1) is 11.1 Å². The summed E-state index contributed by atoms with van der Waals surface area (Å²) >= 11 is 1.46. The highest BCUT2D eigenvalue weighted by Gasteiger charge is 2.25. The number of hydrogen-bond donors (Lipinski definition) is 2. The predicted octanol–water partition coefficient (Wildman–Crippen LogP) is 1.94. The molecule has 0 saturated carbocycles. The third-order valence-electron chi connectivity index (χ3n) is 3.20. The van der Waals surface area contributed by atoms with Crippen molar-refractivity contribution < 1.29 is 13.5 Å². The van der Waals surface area contributed by atoms with Crippen molar-refractivity contribution in [3.63, 3.8) is 0 Å². The molecule has 22 heavy (non-hydrogen) atoms. The average molecular weight is 340 g/mol. The molecule has 0 saturated heterocycles. The lowest BCUT2D eigenvalue weighted by atomic mass is 10.1. The minimum Gasteiger partial charge on any atom is -0.388 e. The SMILES string of the molecule is CSCC(C)(O)CNS(=O)(=O)c1cccc2cc(C)cnc12. The number of aromatic nitrogens is 1. The van der Waals surface area contributed by atoms with Gasteiger partial charge in [-0.05, 0) is 37.8 Å². The van der Waals surface area contributed by atoms with E-state index in [2.05, 4.69) is 9.71 Å². The molecule has 2 N–H and O–H groups in total. The summed E-state index contributed by atoms with van der Waals surface area (Å²) in [7, 11) is -3.73. The van der Waals surface area contributed by atoms with Crippen molar-refractivity contribution in [3.8, 4) is 0 Å². The highest BCUT2D eigenvalue weighted by atomic mass is 32.2. The molecule has 7 heteroatoms. The summed E-state index contributed by atoms with van der Waals surface area (Å²) < 4.78 is 27.5. The van der Waals surface area contributed by atoms with Crippen molar-refractivity contribution in [2.24, 2.45) is 0 Å². The van der Waals surface area contributed by atoms with E-state index in [-0.39, 0.29) is 11.4 Å². The van der Waals surface area contributed by atoms with E-state index in [1.165, 1.54) is 17.8 Å². The summed E-state index contributed by atoms with van der Waals surface area (Å²) in [5, 5.41) is 10.9. The number of rotatable bonds is 6. The summed E-state index contributed by atoms with van der Waals surface area (Å²) in [5.74, 6) is 0.447. The maximum absolute atomic E-state index is 12.5. The Hall–Kier alpha value is -1.15. The second-order valence-electron chi connectivity index (χ2n) is 5.60. The normalized spacial score (nSPS) is 14.9. The maximum atomic E-state index is 12.5. The summed E-state index contributed by atoms with van der Waals surface area (Å²) in [6.07, 6.45) is 3.51. The maximum Gasteiger partial charge on any atom is 0.242 e. The lowest BCUT2D eigenvalue weighted by molar-refractivity contribution is 0.0909. The molecule has 0 aliphatic carbocycles. The number of para-hydroxylation sites is 1. The smallest absolute Gasteiger partial charge is 0.242 e. The van der Waals surface area contributed by atoms with Crippen LogP contribution < -0.4 is 4.72 Å². The Kier molecular flexibility index (Phi) is 5.11. The number of benzene rings is 1. The minimum atomic E-state index is -3.73. The van der Waals surface area contributed by atoms with Gasteiger partial charge in [-0.1, -0.05) is 12.1 Å². The Morgan fingerprint density at radius 3 is 2.82 bits per heavy atom. The van der Waals surface area contributed by atoms with Crippen LogP contribution in [0, 0.1) is 6.92 Å². The van der Waals surface area contributed by atoms with Crippen LogP contribution in [0.5, 0.6) is 0 Å². The standard InChI is InChI=1S/C15H20N2O3S2/c1-11-7-12-5-4-6-13(14(12)16-8-11)22(19,20)17-9-15(2,18)10-21-3/h4-8,17-18H,9-10H2,1-3H3. The topological polar surface area (TPSA) is 79.3 Å². The number of aryl methyl sites for hydroxylation is 1. The molecule has 0 aliphatic rings. The molecule has 2 aromatic rings. The predicted molar refractivity (Wildman–Crippen MR) is 90.7 cm³/mol. The van der Waals surface area contributed by atoms with Crippen LogP contribution in [0.4, 0.5) is 0 Å². The first-order valence-corrected chi connectivity index (χ1v) is 9.69. The van der Waals surface area contributed by atoms with Gasteiger partial charge in [0, 0.05) is 23.9 Å². The van der Waals surface area contributed by atoms with Crippen LogP contribution in [-0.2, 0) is 10.0 Å². The van der Waals surface area contributed by atoms with E-state index in [0.717, 1.165) is 10.9 Å². The highest BCUT2D eigenvalue weighted by molar-refractivity contribution is 7.98. The zero-order valence-corrected chi connectivity index (χ0v) is 14.5.